The van der Waals surface area contributed by atoms with E-state index in [0.29, 0.717) is 0 Å². The molecule has 0 spiro atoms. The van der Waals surface area contributed by atoms with Crippen molar-refractivity contribution in [2.24, 2.45) is 10.2 Å². The van der Waals surface area contributed by atoms with Crippen LogP contribution in [0.5, 0.6) is 0 Å². The van der Waals surface area contributed by atoms with Crippen LogP contribution in [0.3, 0.4) is 0 Å². The molecule has 0 bridgehead atoms. The van der Waals surface area contributed by atoms with Crippen LogP contribution in [0, 0.1) is 0 Å². The van der Waals surface area contributed by atoms with E-state index in [1.165, 1.54) is 31.2 Å². The number of nitrogen functional groups attached to an aromatic ring is 1. The molecule has 2 aromatic rings. The van der Waals surface area contributed by atoms with Crippen LogP contribution >= 0.6 is 12.3 Å². The zero-order chi connectivity index (χ0) is 24.6. The molecule has 0 unspecified atom stereocenters. The van der Waals surface area contributed by atoms with Gasteiger partial charge in [0.05, 0.1) is 39.2 Å². The van der Waals surface area contributed by atoms with E-state index >= 15 is 0 Å². The summed E-state index contributed by atoms with van der Waals surface area (Å²) in [5, 5.41) is 22.7. The number of amides is 1. The van der Waals surface area contributed by atoms with E-state index < -0.39 is 36.5 Å². The van der Waals surface area contributed by atoms with E-state index in [9.17, 15) is 31.4 Å². The summed E-state index contributed by atoms with van der Waals surface area (Å²) in [6, 6.07) is 7.07. The third-order valence-corrected chi connectivity index (χ3v) is 6.68. The van der Waals surface area contributed by atoms with E-state index in [1.54, 1.807) is 0 Å². The maximum absolute atomic E-state index is 12.3. The van der Waals surface area contributed by atoms with Gasteiger partial charge in [-0.15, -0.1) is 9.45 Å². The van der Waals surface area contributed by atoms with Crippen molar-refractivity contribution in [1.82, 2.24) is 0 Å². The Morgan fingerprint density at radius 1 is 1.11 bits per heavy atom. The van der Waals surface area contributed by atoms with Crippen LogP contribution in [-0.4, -0.2) is 39.7 Å². The van der Waals surface area contributed by atoms with Gasteiger partial charge in [0.15, 0.2) is 22.2 Å². The monoisotopic (exact) mass is 566 g/mol. The molecule has 0 saturated carbocycles. The summed E-state index contributed by atoms with van der Waals surface area (Å²) in [6.45, 7) is 0.911. The van der Waals surface area contributed by atoms with E-state index in [0.717, 1.165) is 12.1 Å². The van der Waals surface area contributed by atoms with Crippen molar-refractivity contribution in [3.8, 4) is 0 Å². The summed E-state index contributed by atoms with van der Waals surface area (Å²) in [5.74, 6) is -0.922. The number of sulfone groups is 1. The molecule has 0 saturated heterocycles. The minimum atomic E-state index is -4.92. The number of benzene rings is 2. The maximum atomic E-state index is 12.3. The van der Waals surface area contributed by atoms with Gasteiger partial charge in [0, 0.05) is 6.92 Å². The maximum Gasteiger partial charge on any atom is 1.00 e. The largest absolute Gasteiger partial charge is 1.00 e. The zero-order valence-corrected chi connectivity index (χ0v) is 25.1. The first-order valence-corrected chi connectivity index (χ1v) is 12.3. The number of carbonyl (C=O) groups excluding carboxylic acids is 1. The van der Waals surface area contributed by atoms with Crippen LogP contribution in [0.1, 0.15) is 6.92 Å². The minimum absolute atomic E-state index is 0. The first-order valence-electron chi connectivity index (χ1n) is 8.60. The predicted molar refractivity (Wildman–Crippen MR) is 112 cm³/mol. The molecule has 35 heavy (non-hydrogen) atoms. The standard InChI is InChI=1S/C16H18N4O10S3.2Na/c1-10(21)18-14-8-13(17)16(33(25,26)27)9-15(14)20-19-11-2-4-12(5-3-11)32(23,24)7-6-28-31-30-29-22;;/h2-5,8-9,22H,6-7,17H2,1H3,(H,18,21)(H,25,26,27);;/q;2*+1/p-2. The van der Waals surface area contributed by atoms with E-state index in [1.807, 2.05) is 0 Å². The molecule has 2 aromatic carbocycles. The molecule has 0 radical (unpaired) electrons. The summed E-state index contributed by atoms with van der Waals surface area (Å²) in [5.41, 5.74) is 5.23. The molecule has 0 aliphatic carbocycles. The molecule has 0 atom stereocenters. The second-order valence-electron chi connectivity index (χ2n) is 6.08. The first kappa shape index (κ1) is 34.4. The number of hydrogen-bond donors (Lipinski definition) is 2. The van der Waals surface area contributed by atoms with Gasteiger partial charge in [0.2, 0.25) is 5.91 Å². The Hall–Kier alpha value is -0.640. The number of nitrogens with one attached hydrogen (secondary N) is 1. The Kier molecular flexibility index (Phi) is 15.3. The van der Waals surface area contributed by atoms with Crippen LogP contribution in [0.4, 0.5) is 22.7 Å². The number of rotatable bonds is 11. The number of nitrogens with zero attached hydrogens (tertiary/aromatic N) is 2. The number of nitrogens with two attached hydrogens (primary N) is 1. The smallest absolute Gasteiger partial charge is 0.744 e. The van der Waals surface area contributed by atoms with Gasteiger partial charge < -0.3 is 20.9 Å². The van der Waals surface area contributed by atoms with Gasteiger partial charge in [-0.3, -0.25) is 14.0 Å². The van der Waals surface area contributed by atoms with Gasteiger partial charge in [-0.2, -0.15) is 5.11 Å². The molecular weight excluding hydrogens is 550 g/mol. The number of hydrogen-bond acceptors (Lipinski definition) is 14. The fourth-order valence-electron chi connectivity index (χ4n) is 2.33. The molecule has 19 heteroatoms. The average Bonchev–Trinajstić information content (AvgIpc) is 2.72. The fourth-order valence-corrected chi connectivity index (χ4v) is 4.34. The zero-order valence-electron chi connectivity index (χ0n) is 18.7. The Balaban J connectivity index is 0.00000578. The molecule has 2 rings (SSSR count). The van der Waals surface area contributed by atoms with E-state index in [4.69, 9.17) is 5.73 Å². The van der Waals surface area contributed by atoms with Crippen LogP contribution in [0.2, 0.25) is 0 Å². The van der Waals surface area contributed by atoms with E-state index in [-0.39, 0.29) is 106 Å². The summed E-state index contributed by atoms with van der Waals surface area (Å²) in [4.78, 5) is 10.6. The van der Waals surface area contributed by atoms with Gasteiger partial charge in [0.25, 0.3) is 0 Å². The molecule has 14 nitrogen and oxygen atoms in total. The predicted octanol–water partition coefficient (Wildman–Crippen LogP) is -4.87. The van der Waals surface area contributed by atoms with E-state index in [2.05, 4.69) is 29.1 Å². The molecule has 0 fully saturated rings. The van der Waals surface area contributed by atoms with Crippen LogP contribution in [0.15, 0.2) is 56.4 Å². The Morgan fingerprint density at radius 3 is 2.29 bits per heavy atom. The number of carbonyl (C=O) groups is 1. The van der Waals surface area contributed by atoms with Crippen molar-refractivity contribution in [2.75, 3.05) is 23.4 Å². The van der Waals surface area contributed by atoms with Crippen molar-refractivity contribution in [3.05, 3.63) is 36.4 Å². The molecule has 0 aliphatic heterocycles. The topological polar surface area (TPSA) is 222 Å². The second-order valence-corrected chi connectivity index (χ2v) is 10.0. The first-order chi connectivity index (χ1) is 15.4. The normalized spacial score (nSPS) is 11.5. The summed E-state index contributed by atoms with van der Waals surface area (Å²) < 4.78 is 67.2. The van der Waals surface area contributed by atoms with Gasteiger partial charge >= 0.3 is 59.1 Å². The molecule has 3 N–H and O–H groups in total. The van der Waals surface area contributed by atoms with Crippen molar-refractivity contribution >= 4 is 60.9 Å². The molecular formula is C16H16N4Na2O10S3. The Morgan fingerprint density at radius 2 is 1.74 bits per heavy atom. The summed E-state index contributed by atoms with van der Waals surface area (Å²) in [6.07, 6.45) is 0. The number of anilines is 2. The molecule has 180 valence electrons. The quantitative estimate of drug-likeness (QED) is 0.0382. The molecule has 1 amide bonds. The number of azo groups is 1. The van der Waals surface area contributed by atoms with Crippen LogP contribution in [0.25, 0.3) is 0 Å². The third kappa shape index (κ3) is 11.1. The fraction of sp³-hybridized carbons (Fsp3) is 0.188. The Bertz CT molecular complexity index is 1240. The molecule has 0 heterocycles. The minimum Gasteiger partial charge on any atom is -0.744 e. The summed E-state index contributed by atoms with van der Waals surface area (Å²) >= 11 is 0.186. The van der Waals surface area contributed by atoms with Gasteiger partial charge in [-0.25, -0.2) is 16.8 Å². The molecule has 0 aromatic heterocycles. The summed E-state index contributed by atoms with van der Waals surface area (Å²) in [7, 11) is -8.64. The van der Waals surface area contributed by atoms with Gasteiger partial charge in [0.1, 0.15) is 15.8 Å². The van der Waals surface area contributed by atoms with Gasteiger partial charge in [-0.1, -0.05) is 0 Å². The third-order valence-electron chi connectivity index (χ3n) is 3.72. The van der Waals surface area contributed by atoms with Gasteiger partial charge in [-0.05, 0) is 36.4 Å². The second kappa shape index (κ2) is 15.6. The van der Waals surface area contributed by atoms with Crippen molar-refractivity contribution in [2.45, 2.75) is 16.7 Å². The Labute approximate surface area is 249 Å². The van der Waals surface area contributed by atoms with Crippen LogP contribution in [-0.2, 0) is 38.3 Å². The van der Waals surface area contributed by atoms with Crippen LogP contribution < -0.4 is 75.4 Å². The van der Waals surface area contributed by atoms with Crippen molar-refractivity contribution in [1.29, 1.82) is 0 Å². The van der Waals surface area contributed by atoms with Crippen molar-refractivity contribution < 1.29 is 104 Å². The SMILES string of the molecule is CC(=O)Nc1cc(N)c(S(=O)(=O)[O-])cc1N=Nc1ccc(S(=O)(=O)CCOSOO[O-])cc1.[Na+].[Na+]. The molecule has 0 aliphatic rings. The van der Waals surface area contributed by atoms with Crippen molar-refractivity contribution in [3.63, 3.8) is 0 Å². The average molecular weight is 567 g/mol.